The SMILES string of the molecule is CC(C)(C#N)C1CCc2cc(-n3ccnc(Sc4ccc(OC(F)(F)F)cc4)c3=O)ccc2C1. The van der Waals surface area contributed by atoms with E-state index in [1.165, 1.54) is 46.2 Å². The summed E-state index contributed by atoms with van der Waals surface area (Å²) in [6.45, 7) is 3.95. The van der Waals surface area contributed by atoms with E-state index in [9.17, 15) is 23.2 Å². The van der Waals surface area contributed by atoms with Gasteiger partial charge in [-0.2, -0.15) is 5.26 Å². The molecule has 3 aromatic rings. The Morgan fingerprint density at radius 1 is 1.15 bits per heavy atom. The highest BCUT2D eigenvalue weighted by Crippen LogP contribution is 2.37. The van der Waals surface area contributed by atoms with E-state index in [2.05, 4.69) is 15.8 Å². The number of hydrogen-bond acceptors (Lipinski definition) is 5. The summed E-state index contributed by atoms with van der Waals surface area (Å²) < 4.78 is 42.4. The molecule has 176 valence electrons. The Morgan fingerprint density at radius 3 is 2.56 bits per heavy atom. The lowest BCUT2D eigenvalue weighted by molar-refractivity contribution is -0.274. The minimum atomic E-state index is -4.76. The molecule has 4 rings (SSSR count). The third-order valence-corrected chi connectivity index (χ3v) is 7.07. The molecule has 0 saturated heterocycles. The Balaban J connectivity index is 1.55. The molecule has 9 heteroatoms. The predicted octanol–water partition coefficient (Wildman–Crippen LogP) is 5.94. The van der Waals surface area contributed by atoms with Crippen LogP contribution < -0.4 is 10.3 Å². The van der Waals surface area contributed by atoms with Crippen LogP contribution >= 0.6 is 11.8 Å². The minimum absolute atomic E-state index is 0.209. The van der Waals surface area contributed by atoms with Crippen molar-refractivity contribution in [2.45, 2.75) is 49.4 Å². The van der Waals surface area contributed by atoms with Gasteiger partial charge in [-0.1, -0.05) is 17.8 Å². The summed E-state index contributed by atoms with van der Waals surface area (Å²) >= 11 is 1.07. The summed E-state index contributed by atoms with van der Waals surface area (Å²) in [5.41, 5.74) is 2.38. The fourth-order valence-corrected chi connectivity index (χ4v) is 4.88. The van der Waals surface area contributed by atoms with Gasteiger partial charge in [-0.05, 0) is 86.6 Å². The molecule has 0 N–H and O–H groups in total. The minimum Gasteiger partial charge on any atom is -0.406 e. The average Bonchev–Trinajstić information content (AvgIpc) is 2.80. The van der Waals surface area contributed by atoms with E-state index in [0.717, 1.165) is 36.7 Å². The number of halogens is 3. The van der Waals surface area contributed by atoms with E-state index >= 15 is 0 Å². The van der Waals surface area contributed by atoms with Crippen LogP contribution in [-0.4, -0.2) is 15.9 Å². The summed E-state index contributed by atoms with van der Waals surface area (Å²) in [7, 11) is 0. The third kappa shape index (κ3) is 5.28. The van der Waals surface area contributed by atoms with Gasteiger partial charge >= 0.3 is 6.36 Å². The maximum absolute atomic E-state index is 13.1. The Hall–Kier alpha value is -3.25. The molecule has 2 aromatic carbocycles. The highest BCUT2D eigenvalue weighted by Gasteiger charge is 2.33. The second-order valence-electron chi connectivity index (χ2n) is 8.76. The standard InChI is InChI=1S/C25H22F3N3O2S/c1-24(2,15-29)18-5-3-17-14-19(6-4-16(17)13-18)31-12-11-30-22(23(31)32)34-21-9-7-20(8-10-21)33-25(26,27)28/h4,6-12,14,18H,3,5,13H2,1-2H3. The van der Waals surface area contributed by atoms with Crippen molar-refractivity contribution >= 4 is 11.8 Å². The first kappa shape index (κ1) is 23.9. The van der Waals surface area contributed by atoms with Crippen molar-refractivity contribution in [1.29, 1.82) is 5.26 Å². The first-order valence-electron chi connectivity index (χ1n) is 10.7. The molecule has 0 fully saturated rings. The zero-order chi connectivity index (χ0) is 24.5. The van der Waals surface area contributed by atoms with Crippen LogP contribution in [0.2, 0.25) is 0 Å². The molecule has 0 spiro atoms. The van der Waals surface area contributed by atoms with E-state index in [1.807, 2.05) is 32.0 Å². The van der Waals surface area contributed by atoms with Gasteiger partial charge in [0.2, 0.25) is 0 Å². The van der Waals surface area contributed by atoms with Crippen molar-refractivity contribution in [2.75, 3.05) is 0 Å². The van der Waals surface area contributed by atoms with Gasteiger partial charge in [0.05, 0.1) is 11.5 Å². The van der Waals surface area contributed by atoms with Crippen LogP contribution in [-0.2, 0) is 12.8 Å². The Bertz CT molecular complexity index is 1290. The quantitative estimate of drug-likeness (QED) is 0.448. The Labute approximate surface area is 199 Å². The number of rotatable bonds is 5. The predicted molar refractivity (Wildman–Crippen MR) is 122 cm³/mol. The molecular weight excluding hydrogens is 463 g/mol. The number of benzene rings is 2. The first-order chi connectivity index (χ1) is 16.1. The lowest BCUT2D eigenvalue weighted by Gasteiger charge is -2.33. The van der Waals surface area contributed by atoms with Crippen LogP contribution in [0.25, 0.3) is 5.69 Å². The van der Waals surface area contributed by atoms with E-state index in [4.69, 9.17) is 0 Å². The molecule has 1 heterocycles. The molecule has 0 bridgehead atoms. The number of alkyl halides is 3. The molecule has 0 aliphatic heterocycles. The molecule has 0 amide bonds. The smallest absolute Gasteiger partial charge is 0.406 e. The monoisotopic (exact) mass is 485 g/mol. The molecular formula is C25H22F3N3O2S. The summed E-state index contributed by atoms with van der Waals surface area (Å²) in [6.07, 6.45) is 0.945. The molecule has 5 nitrogen and oxygen atoms in total. The lowest BCUT2D eigenvalue weighted by atomic mass is 9.70. The number of aryl methyl sites for hydroxylation is 1. The summed E-state index contributed by atoms with van der Waals surface area (Å²) in [5.74, 6) is -0.0415. The van der Waals surface area contributed by atoms with Gasteiger partial charge in [-0.3, -0.25) is 9.36 Å². The van der Waals surface area contributed by atoms with E-state index in [1.54, 1.807) is 6.20 Å². The molecule has 0 saturated carbocycles. The van der Waals surface area contributed by atoms with Crippen molar-refractivity contribution in [3.63, 3.8) is 0 Å². The third-order valence-electron chi connectivity index (χ3n) is 6.09. The fourth-order valence-electron chi connectivity index (χ4n) is 4.09. The van der Waals surface area contributed by atoms with Crippen molar-refractivity contribution in [1.82, 2.24) is 9.55 Å². The summed E-state index contributed by atoms with van der Waals surface area (Å²) in [6, 6.07) is 13.6. The van der Waals surface area contributed by atoms with E-state index < -0.39 is 6.36 Å². The van der Waals surface area contributed by atoms with Crippen LogP contribution in [0.5, 0.6) is 5.75 Å². The Morgan fingerprint density at radius 2 is 1.88 bits per heavy atom. The van der Waals surface area contributed by atoms with Gasteiger partial charge in [0.25, 0.3) is 5.56 Å². The molecule has 1 aliphatic rings. The molecule has 1 unspecified atom stereocenters. The first-order valence-corrected chi connectivity index (χ1v) is 11.5. The molecule has 1 aromatic heterocycles. The zero-order valence-electron chi connectivity index (χ0n) is 18.6. The summed E-state index contributed by atoms with van der Waals surface area (Å²) in [4.78, 5) is 17.8. The van der Waals surface area contributed by atoms with Crippen LogP contribution in [0, 0.1) is 22.7 Å². The van der Waals surface area contributed by atoms with Crippen molar-refractivity contribution in [2.24, 2.45) is 11.3 Å². The number of nitriles is 1. The van der Waals surface area contributed by atoms with Crippen molar-refractivity contribution in [3.8, 4) is 17.5 Å². The zero-order valence-corrected chi connectivity index (χ0v) is 19.4. The van der Waals surface area contributed by atoms with Crippen molar-refractivity contribution < 1.29 is 17.9 Å². The molecule has 34 heavy (non-hydrogen) atoms. The van der Waals surface area contributed by atoms with Gasteiger partial charge in [0, 0.05) is 23.0 Å². The molecule has 1 atom stereocenters. The average molecular weight is 486 g/mol. The largest absolute Gasteiger partial charge is 0.573 e. The van der Waals surface area contributed by atoms with Gasteiger partial charge in [-0.15, -0.1) is 13.2 Å². The number of aromatic nitrogens is 2. The van der Waals surface area contributed by atoms with E-state index in [-0.39, 0.29) is 27.7 Å². The lowest BCUT2D eigenvalue weighted by Crippen LogP contribution is -2.28. The number of hydrogen-bond donors (Lipinski definition) is 0. The second-order valence-corrected chi connectivity index (χ2v) is 9.82. The fraction of sp³-hybridized carbons (Fsp3) is 0.320. The van der Waals surface area contributed by atoms with Crippen LogP contribution in [0.15, 0.2) is 69.6 Å². The van der Waals surface area contributed by atoms with Crippen LogP contribution in [0.4, 0.5) is 13.2 Å². The maximum atomic E-state index is 13.1. The van der Waals surface area contributed by atoms with Gasteiger partial charge in [-0.25, -0.2) is 4.98 Å². The second kappa shape index (κ2) is 9.18. The van der Waals surface area contributed by atoms with Gasteiger partial charge in [0.15, 0.2) is 5.03 Å². The number of fused-ring (bicyclic) bond motifs is 1. The topological polar surface area (TPSA) is 67.9 Å². The number of nitrogens with zero attached hydrogens (tertiary/aromatic N) is 3. The molecule has 0 radical (unpaired) electrons. The van der Waals surface area contributed by atoms with E-state index in [0.29, 0.717) is 4.90 Å². The highest BCUT2D eigenvalue weighted by molar-refractivity contribution is 7.99. The van der Waals surface area contributed by atoms with Crippen LogP contribution in [0.1, 0.15) is 31.4 Å². The number of ether oxygens (including phenoxy) is 1. The molecule has 1 aliphatic carbocycles. The van der Waals surface area contributed by atoms with Gasteiger partial charge < -0.3 is 4.74 Å². The Kier molecular flexibility index (Phi) is 6.45. The van der Waals surface area contributed by atoms with Gasteiger partial charge in [0.1, 0.15) is 5.75 Å². The highest BCUT2D eigenvalue weighted by atomic mass is 32.2. The summed E-state index contributed by atoms with van der Waals surface area (Å²) in [5, 5.41) is 9.67. The normalized spacial score (nSPS) is 15.9. The van der Waals surface area contributed by atoms with Crippen molar-refractivity contribution in [3.05, 3.63) is 76.3 Å². The maximum Gasteiger partial charge on any atom is 0.573 e. The van der Waals surface area contributed by atoms with Crippen LogP contribution in [0.3, 0.4) is 0 Å².